The highest BCUT2D eigenvalue weighted by Gasteiger charge is 2.32. The summed E-state index contributed by atoms with van der Waals surface area (Å²) in [5.74, 6) is -3.87. The number of halogens is 3. The van der Waals surface area contributed by atoms with Crippen LogP contribution in [0.4, 0.5) is 13.2 Å². The Morgan fingerprint density at radius 2 is 1.33 bits per heavy atom. The molecule has 0 unspecified atom stereocenters. The van der Waals surface area contributed by atoms with Crippen LogP contribution in [0.1, 0.15) is 31.2 Å². The van der Waals surface area contributed by atoms with Gasteiger partial charge in [-0.2, -0.15) is 0 Å². The summed E-state index contributed by atoms with van der Waals surface area (Å²) < 4.78 is 39.5. The number of hydrogen-bond acceptors (Lipinski definition) is 1. The van der Waals surface area contributed by atoms with E-state index in [0.29, 0.717) is 5.56 Å². The molecule has 1 fully saturated rings. The highest BCUT2D eigenvalue weighted by molar-refractivity contribution is 5.64. The van der Waals surface area contributed by atoms with Gasteiger partial charge in [0.25, 0.3) is 0 Å². The first-order valence-electron chi connectivity index (χ1n) is 6.97. The lowest BCUT2D eigenvalue weighted by Gasteiger charge is -2.22. The third kappa shape index (κ3) is 2.56. The maximum absolute atomic E-state index is 13.3. The number of rotatable bonds is 2. The molecule has 0 atom stereocenters. The lowest BCUT2D eigenvalue weighted by molar-refractivity contribution is 0.0445. The molecule has 0 bridgehead atoms. The first-order valence-corrected chi connectivity index (χ1v) is 6.97. The molecule has 1 aliphatic rings. The third-order valence-electron chi connectivity index (χ3n) is 4.17. The van der Waals surface area contributed by atoms with E-state index in [1.807, 2.05) is 0 Å². The van der Waals surface area contributed by atoms with Gasteiger partial charge in [0, 0.05) is 0 Å². The van der Waals surface area contributed by atoms with Crippen LogP contribution in [0.5, 0.6) is 0 Å². The van der Waals surface area contributed by atoms with E-state index in [1.54, 1.807) is 24.3 Å². The maximum atomic E-state index is 13.3. The highest BCUT2D eigenvalue weighted by atomic mass is 19.2. The van der Waals surface area contributed by atoms with Gasteiger partial charge in [-0.15, -0.1) is 0 Å². The number of hydrogen-bond donors (Lipinski definition) is 1. The van der Waals surface area contributed by atoms with Gasteiger partial charge in [0.1, 0.15) is 0 Å². The molecule has 0 radical (unpaired) electrons. The molecule has 1 nitrogen and oxygen atoms in total. The average molecular weight is 292 g/mol. The summed E-state index contributed by atoms with van der Waals surface area (Å²) in [6, 6.07) is 8.85. The molecule has 2 aromatic carbocycles. The van der Waals surface area contributed by atoms with Crippen molar-refractivity contribution >= 4 is 0 Å². The molecular weight excluding hydrogens is 277 g/mol. The molecule has 21 heavy (non-hydrogen) atoms. The summed E-state index contributed by atoms with van der Waals surface area (Å²) in [4.78, 5) is 0. The van der Waals surface area contributed by atoms with Crippen LogP contribution in [0.2, 0.25) is 0 Å². The van der Waals surface area contributed by atoms with Crippen LogP contribution in [0.3, 0.4) is 0 Å². The van der Waals surface area contributed by atoms with Crippen LogP contribution >= 0.6 is 0 Å². The van der Waals surface area contributed by atoms with Gasteiger partial charge in [-0.1, -0.05) is 37.1 Å². The van der Waals surface area contributed by atoms with Crippen LogP contribution in [0.15, 0.2) is 36.4 Å². The molecule has 0 amide bonds. The highest BCUT2D eigenvalue weighted by Crippen LogP contribution is 2.39. The minimum atomic E-state index is -1.46. The second kappa shape index (κ2) is 5.19. The van der Waals surface area contributed by atoms with E-state index in [0.717, 1.165) is 43.4 Å². The lowest BCUT2D eigenvalue weighted by Crippen LogP contribution is -2.20. The lowest BCUT2D eigenvalue weighted by atomic mass is 9.91. The molecule has 0 saturated heterocycles. The molecule has 1 aliphatic carbocycles. The number of aliphatic hydroxyl groups is 1. The Labute approximate surface area is 121 Å². The third-order valence-corrected chi connectivity index (χ3v) is 4.17. The van der Waals surface area contributed by atoms with E-state index in [-0.39, 0.29) is 5.56 Å². The van der Waals surface area contributed by atoms with Crippen LogP contribution in [0.25, 0.3) is 11.1 Å². The van der Waals surface area contributed by atoms with Crippen molar-refractivity contribution in [2.24, 2.45) is 0 Å². The van der Waals surface area contributed by atoms with E-state index in [4.69, 9.17) is 0 Å². The second-order valence-corrected chi connectivity index (χ2v) is 5.57. The van der Waals surface area contributed by atoms with Crippen molar-refractivity contribution < 1.29 is 18.3 Å². The van der Waals surface area contributed by atoms with Gasteiger partial charge < -0.3 is 5.11 Å². The number of benzene rings is 2. The fraction of sp³-hybridized carbons (Fsp3) is 0.294. The van der Waals surface area contributed by atoms with Gasteiger partial charge in [0.15, 0.2) is 17.5 Å². The Balaban J connectivity index is 1.94. The zero-order valence-corrected chi connectivity index (χ0v) is 11.4. The maximum Gasteiger partial charge on any atom is 0.194 e. The molecule has 0 aliphatic heterocycles. The van der Waals surface area contributed by atoms with Gasteiger partial charge >= 0.3 is 0 Å². The minimum absolute atomic E-state index is 0.274. The quantitative estimate of drug-likeness (QED) is 0.806. The monoisotopic (exact) mass is 292 g/mol. The second-order valence-electron chi connectivity index (χ2n) is 5.57. The van der Waals surface area contributed by atoms with Crippen molar-refractivity contribution in [1.82, 2.24) is 0 Å². The molecule has 0 heterocycles. The summed E-state index contributed by atoms with van der Waals surface area (Å²) in [7, 11) is 0. The smallest absolute Gasteiger partial charge is 0.194 e. The Bertz CT molecular complexity index is 635. The normalized spacial score (nSPS) is 17.1. The molecule has 110 valence electrons. The minimum Gasteiger partial charge on any atom is -0.385 e. The van der Waals surface area contributed by atoms with Crippen molar-refractivity contribution in [2.45, 2.75) is 31.3 Å². The molecule has 2 aromatic rings. The van der Waals surface area contributed by atoms with Gasteiger partial charge in [-0.3, -0.25) is 0 Å². The summed E-state index contributed by atoms with van der Waals surface area (Å²) in [6.07, 6.45) is 3.44. The van der Waals surface area contributed by atoms with Crippen LogP contribution < -0.4 is 0 Å². The van der Waals surface area contributed by atoms with Crippen LogP contribution in [-0.2, 0) is 5.60 Å². The van der Waals surface area contributed by atoms with E-state index in [1.165, 1.54) is 0 Å². The van der Waals surface area contributed by atoms with E-state index in [2.05, 4.69) is 0 Å². The van der Waals surface area contributed by atoms with Gasteiger partial charge in [0.05, 0.1) is 5.60 Å². The van der Waals surface area contributed by atoms with Gasteiger partial charge in [-0.25, -0.2) is 13.2 Å². The first kappa shape index (κ1) is 14.1. The van der Waals surface area contributed by atoms with E-state index in [9.17, 15) is 18.3 Å². The molecule has 1 N–H and O–H groups in total. The fourth-order valence-corrected chi connectivity index (χ4v) is 2.94. The summed E-state index contributed by atoms with van der Waals surface area (Å²) in [5.41, 5.74) is 0.874. The van der Waals surface area contributed by atoms with Crippen molar-refractivity contribution in [1.29, 1.82) is 0 Å². The predicted molar refractivity (Wildman–Crippen MR) is 74.1 cm³/mol. The summed E-state index contributed by atoms with van der Waals surface area (Å²) in [5, 5.41) is 10.5. The summed E-state index contributed by atoms with van der Waals surface area (Å²) >= 11 is 0. The largest absolute Gasteiger partial charge is 0.385 e. The molecule has 3 rings (SSSR count). The zero-order chi connectivity index (χ0) is 15.0. The van der Waals surface area contributed by atoms with Crippen LogP contribution in [-0.4, -0.2) is 5.11 Å². The van der Waals surface area contributed by atoms with E-state index >= 15 is 0 Å². The topological polar surface area (TPSA) is 20.2 Å². The predicted octanol–water partition coefficient (Wildman–Crippen LogP) is 4.53. The van der Waals surface area contributed by atoms with Crippen molar-refractivity contribution in [3.63, 3.8) is 0 Å². The SMILES string of the molecule is OC1(c2ccc(-c3cc(F)c(F)c(F)c3)cc2)CCCC1. The molecule has 1 saturated carbocycles. The fourth-order valence-electron chi connectivity index (χ4n) is 2.94. The molecular formula is C17H15F3O. The van der Waals surface area contributed by atoms with Crippen LogP contribution in [0, 0.1) is 17.5 Å². The summed E-state index contributed by atoms with van der Waals surface area (Å²) in [6.45, 7) is 0. The van der Waals surface area contributed by atoms with Crippen molar-refractivity contribution in [3.05, 3.63) is 59.4 Å². The Kier molecular flexibility index (Phi) is 3.49. The molecule has 4 heteroatoms. The Morgan fingerprint density at radius 1 is 0.810 bits per heavy atom. The average Bonchev–Trinajstić information content (AvgIpc) is 2.92. The zero-order valence-electron chi connectivity index (χ0n) is 11.4. The van der Waals surface area contributed by atoms with E-state index < -0.39 is 23.1 Å². The standard InChI is InChI=1S/C17H15F3O/c18-14-9-12(10-15(19)16(14)20)11-3-5-13(6-4-11)17(21)7-1-2-8-17/h3-6,9-10,21H,1-2,7-8H2. The van der Waals surface area contributed by atoms with Gasteiger partial charge in [0.2, 0.25) is 0 Å². The Hall–Kier alpha value is -1.81. The molecule has 0 spiro atoms. The van der Waals surface area contributed by atoms with Gasteiger partial charge in [-0.05, 0) is 41.7 Å². The Morgan fingerprint density at radius 3 is 1.86 bits per heavy atom. The van der Waals surface area contributed by atoms with Crippen molar-refractivity contribution in [3.8, 4) is 11.1 Å². The van der Waals surface area contributed by atoms with Crippen molar-refractivity contribution in [2.75, 3.05) is 0 Å². The molecule has 0 aromatic heterocycles. The first-order chi connectivity index (χ1) is 9.99.